The molecule has 0 aliphatic carbocycles. The number of nitrogens with zero attached hydrogens (tertiary/aromatic N) is 1. The van der Waals surface area contributed by atoms with Gasteiger partial charge in [0, 0.05) is 11.6 Å². The Kier molecular flexibility index (Phi) is 6.46. The van der Waals surface area contributed by atoms with Crippen molar-refractivity contribution in [2.24, 2.45) is 0 Å². The number of amides is 3. The molecule has 0 saturated carbocycles. The number of hydrogen-bond acceptors (Lipinski definition) is 6. The minimum atomic E-state index is -0.529. The van der Waals surface area contributed by atoms with Crippen LogP contribution in [0.4, 0.5) is 4.79 Å². The Hall–Kier alpha value is -2.97. The number of halogens is 1. The Morgan fingerprint density at radius 1 is 1.14 bits per heavy atom. The lowest BCUT2D eigenvalue weighted by atomic mass is 10.1. The molecule has 7 nitrogen and oxygen atoms in total. The second kappa shape index (κ2) is 9.02. The topological polar surface area (TPSA) is 107 Å². The molecule has 0 bridgehead atoms. The average molecular weight is 433 g/mol. The van der Waals surface area contributed by atoms with Gasteiger partial charge in [0.1, 0.15) is 6.54 Å². The van der Waals surface area contributed by atoms with Crippen LogP contribution in [0.15, 0.2) is 47.4 Å². The van der Waals surface area contributed by atoms with Crippen LogP contribution < -0.4 is 5.32 Å². The summed E-state index contributed by atoms with van der Waals surface area (Å²) in [6.45, 7) is -0.129. The van der Waals surface area contributed by atoms with Crippen LogP contribution in [-0.2, 0) is 16.0 Å². The molecule has 9 heteroatoms. The fourth-order valence-electron chi connectivity index (χ4n) is 2.65. The number of hydrogen-bond donors (Lipinski definition) is 3. The normalized spacial score (nSPS) is 15.2. The minimum Gasteiger partial charge on any atom is -0.504 e. The smallest absolute Gasteiger partial charge is 0.294 e. The predicted molar refractivity (Wildman–Crippen MR) is 111 cm³/mol. The van der Waals surface area contributed by atoms with Crippen molar-refractivity contribution >= 4 is 46.5 Å². The van der Waals surface area contributed by atoms with Gasteiger partial charge in [-0.05, 0) is 59.7 Å². The third-order valence-electron chi connectivity index (χ3n) is 4.10. The molecule has 3 amide bonds. The van der Waals surface area contributed by atoms with E-state index in [1.807, 2.05) is 0 Å². The summed E-state index contributed by atoms with van der Waals surface area (Å²) >= 11 is 6.70. The molecule has 2 aromatic rings. The summed E-state index contributed by atoms with van der Waals surface area (Å²) in [5, 5.41) is 21.4. The average Bonchev–Trinajstić information content (AvgIpc) is 2.92. The number of imide groups is 1. The Balaban J connectivity index is 1.55. The molecule has 29 heavy (non-hydrogen) atoms. The number of thioether (sulfide) groups is 1. The first kappa shape index (κ1) is 20.8. The highest BCUT2D eigenvalue weighted by Crippen LogP contribution is 2.32. The Morgan fingerprint density at radius 2 is 1.93 bits per heavy atom. The van der Waals surface area contributed by atoms with Crippen molar-refractivity contribution < 1.29 is 24.6 Å². The maximum Gasteiger partial charge on any atom is 0.294 e. The Labute approximate surface area is 176 Å². The summed E-state index contributed by atoms with van der Waals surface area (Å²) in [6, 6.07) is 11.3. The summed E-state index contributed by atoms with van der Waals surface area (Å²) in [5.74, 6) is -1.46. The molecule has 0 atom stereocenters. The Morgan fingerprint density at radius 3 is 2.66 bits per heavy atom. The van der Waals surface area contributed by atoms with Crippen LogP contribution in [0.3, 0.4) is 0 Å². The van der Waals surface area contributed by atoms with Crippen molar-refractivity contribution in [1.82, 2.24) is 10.2 Å². The van der Waals surface area contributed by atoms with Crippen molar-refractivity contribution in [2.45, 2.75) is 6.42 Å². The first-order valence-electron chi connectivity index (χ1n) is 8.62. The van der Waals surface area contributed by atoms with Crippen molar-refractivity contribution in [2.75, 3.05) is 13.1 Å². The van der Waals surface area contributed by atoms with E-state index in [9.17, 15) is 24.6 Å². The van der Waals surface area contributed by atoms with Crippen LogP contribution in [0.2, 0.25) is 5.02 Å². The van der Waals surface area contributed by atoms with Gasteiger partial charge in [-0.2, -0.15) is 0 Å². The van der Waals surface area contributed by atoms with Crippen LogP contribution in [0, 0.1) is 0 Å². The molecule has 2 aromatic carbocycles. The van der Waals surface area contributed by atoms with Gasteiger partial charge in [-0.3, -0.25) is 19.3 Å². The van der Waals surface area contributed by atoms with E-state index in [1.54, 1.807) is 36.4 Å². The summed E-state index contributed by atoms with van der Waals surface area (Å²) in [4.78, 5) is 37.8. The summed E-state index contributed by atoms with van der Waals surface area (Å²) in [6.07, 6.45) is 1.97. The van der Waals surface area contributed by atoms with Gasteiger partial charge in [-0.1, -0.05) is 29.8 Å². The van der Waals surface area contributed by atoms with E-state index < -0.39 is 17.1 Å². The Bertz CT molecular complexity index is 1010. The van der Waals surface area contributed by atoms with Gasteiger partial charge in [-0.15, -0.1) is 0 Å². The molecule has 1 fully saturated rings. The maximum atomic E-state index is 12.5. The molecular formula is C20H17ClN2O5S. The van der Waals surface area contributed by atoms with E-state index in [0.717, 1.165) is 22.2 Å². The summed E-state index contributed by atoms with van der Waals surface area (Å²) < 4.78 is 0. The van der Waals surface area contributed by atoms with Gasteiger partial charge in [0.25, 0.3) is 11.1 Å². The number of phenolic OH excluding ortho intramolecular Hbond substituents is 2. The molecule has 1 saturated heterocycles. The first-order chi connectivity index (χ1) is 13.8. The van der Waals surface area contributed by atoms with Crippen LogP contribution in [0.25, 0.3) is 6.08 Å². The van der Waals surface area contributed by atoms with Gasteiger partial charge in [0.2, 0.25) is 5.91 Å². The molecule has 1 heterocycles. The lowest BCUT2D eigenvalue weighted by Gasteiger charge is -2.12. The minimum absolute atomic E-state index is 0.219. The molecule has 1 aliphatic heterocycles. The monoisotopic (exact) mass is 432 g/mol. The largest absolute Gasteiger partial charge is 0.504 e. The number of nitrogens with one attached hydrogen (secondary N) is 1. The number of carbonyl (C=O) groups is 3. The highest BCUT2D eigenvalue weighted by atomic mass is 35.5. The fraction of sp³-hybridized carbons (Fsp3) is 0.150. The van der Waals surface area contributed by atoms with Gasteiger partial charge in [0.05, 0.1) is 4.91 Å². The molecule has 3 N–H and O–H groups in total. The molecule has 0 unspecified atom stereocenters. The van der Waals surface area contributed by atoms with Crippen molar-refractivity contribution in [3.05, 3.63) is 63.5 Å². The zero-order valence-corrected chi connectivity index (χ0v) is 16.7. The molecule has 0 spiro atoms. The lowest BCUT2D eigenvalue weighted by molar-refractivity contribution is -0.129. The van der Waals surface area contributed by atoms with Crippen LogP contribution in [0.1, 0.15) is 11.1 Å². The van der Waals surface area contributed by atoms with Crippen molar-refractivity contribution in [3.63, 3.8) is 0 Å². The van der Waals surface area contributed by atoms with Gasteiger partial charge >= 0.3 is 0 Å². The standard InChI is InChI=1S/C20H17ClN2O5S/c21-14-3-1-2-13(8-14)10-17-19(27)23(20(28)29-17)11-18(26)22-7-6-12-4-5-15(24)16(25)9-12/h1-5,8-10,24-25H,6-7,11H2,(H,22,26). The SMILES string of the molecule is O=C(CN1C(=O)SC(=Cc2cccc(Cl)c2)C1=O)NCCc1ccc(O)c(O)c1. The van der Waals surface area contributed by atoms with E-state index in [4.69, 9.17) is 11.6 Å². The first-order valence-corrected chi connectivity index (χ1v) is 9.81. The van der Waals surface area contributed by atoms with Crippen LogP contribution >= 0.6 is 23.4 Å². The predicted octanol–water partition coefficient (Wildman–Crippen LogP) is 3.15. The maximum absolute atomic E-state index is 12.5. The summed E-state index contributed by atoms with van der Waals surface area (Å²) in [7, 11) is 0. The number of rotatable bonds is 6. The fourth-order valence-corrected chi connectivity index (χ4v) is 3.69. The highest BCUT2D eigenvalue weighted by Gasteiger charge is 2.36. The van der Waals surface area contributed by atoms with E-state index in [0.29, 0.717) is 17.0 Å². The molecule has 3 rings (SSSR count). The molecule has 1 aliphatic rings. The number of carbonyl (C=O) groups excluding carboxylic acids is 3. The van der Waals surface area contributed by atoms with Crippen molar-refractivity contribution in [3.8, 4) is 11.5 Å². The number of aromatic hydroxyl groups is 2. The second-order valence-electron chi connectivity index (χ2n) is 6.25. The number of phenols is 2. The third-order valence-corrected chi connectivity index (χ3v) is 5.24. The van der Waals surface area contributed by atoms with E-state index in [-0.39, 0.29) is 29.5 Å². The van der Waals surface area contributed by atoms with Gasteiger partial charge in [-0.25, -0.2) is 0 Å². The molecule has 150 valence electrons. The summed E-state index contributed by atoms with van der Waals surface area (Å²) in [5.41, 5.74) is 1.40. The molecule has 0 radical (unpaired) electrons. The second-order valence-corrected chi connectivity index (χ2v) is 7.68. The highest BCUT2D eigenvalue weighted by molar-refractivity contribution is 8.18. The van der Waals surface area contributed by atoms with E-state index >= 15 is 0 Å². The number of benzene rings is 2. The van der Waals surface area contributed by atoms with E-state index in [2.05, 4.69) is 5.32 Å². The van der Waals surface area contributed by atoms with Crippen LogP contribution in [-0.4, -0.2) is 45.3 Å². The quantitative estimate of drug-likeness (QED) is 0.478. The molecular weight excluding hydrogens is 416 g/mol. The van der Waals surface area contributed by atoms with Gasteiger partial charge < -0.3 is 15.5 Å². The van der Waals surface area contributed by atoms with Crippen molar-refractivity contribution in [1.29, 1.82) is 0 Å². The van der Waals surface area contributed by atoms with Gasteiger partial charge in [0.15, 0.2) is 11.5 Å². The lowest BCUT2D eigenvalue weighted by Crippen LogP contribution is -2.40. The third kappa shape index (κ3) is 5.30. The zero-order valence-electron chi connectivity index (χ0n) is 15.1. The van der Waals surface area contributed by atoms with E-state index in [1.165, 1.54) is 12.1 Å². The van der Waals surface area contributed by atoms with Crippen LogP contribution in [0.5, 0.6) is 11.5 Å². The zero-order chi connectivity index (χ0) is 21.0. The molecule has 0 aromatic heterocycles.